The molecule has 0 radical (unpaired) electrons. The number of methoxy groups -OCH3 is 1. The molecule has 0 spiro atoms. The summed E-state index contributed by atoms with van der Waals surface area (Å²) in [5.74, 6) is 0.748. The molecule has 2 N–H and O–H groups in total. The maximum atomic E-state index is 9.03. The lowest BCUT2D eigenvalue weighted by molar-refractivity contribution is 0.202. The molecule has 0 atom stereocenters. The lowest BCUT2D eigenvalue weighted by Gasteiger charge is -2.22. The zero-order valence-corrected chi connectivity index (χ0v) is 9.46. The number of hydrogen-bond acceptors (Lipinski definition) is 5. The number of aliphatic hydroxyl groups is 2. The summed E-state index contributed by atoms with van der Waals surface area (Å²) in [4.78, 5) is 6.13. The largest absolute Gasteiger partial charge is 0.395 e. The summed E-state index contributed by atoms with van der Waals surface area (Å²) < 4.78 is 5.00. The van der Waals surface area contributed by atoms with Crippen molar-refractivity contribution in [3.8, 4) is 0 Å². The van der Waals surface area contributed by atoms with E-state index in [0.717, 1.165) is 11.4 Å². The average Bonchev–Trinajstić information content (AvgIpc) is 2.34. The van der Waals surface area contributed by atoms with E-state index in [-0.39, 0.29) is 13.2 Å². The van der Waals surface area contributed by atoms with Crippen molar-refractivity contribution in [2.24, 2.45) is 0 Å². The topological polar surface area (TPSA) is 65.8 Å². The van der Waals surface area contributed by atoms with Crippen LogP contribution >= 0.6 is 0 Å². The molecule has 0 saturated carbocycles. The molecule has 0 amide bonds. The van der Waals surface area contributed by atoms with Crippen molar-refractivity contribution in [3.63, 3.8) is 0 Å². The average molecular weight is 226 g/mol. The van der Waals surface area contributed by atoms with Gasteiger partial charge in [0.25, 0.3) is 0 Å². The van der Waals surface area contributed by atoms with E-state index in [1.54, 1.807) is 19.4 Å². The van der Waals surface area contributed by atoms with Crippen LogP contribution in [0.25, 0.3) is 0 Å². The Morgan fingerprint density at radius 3 is 2.81 bits per heavy atom. The van der Waals surface area contributed by atoms with Gasteiger partial charge in [-0.25, -0.2) is 4.98 Å². The van der Waals surface area contributed by atoms with E-state index in [0.29, 0.717) is 19.7 Å². The van der Waals surface area contributed by atoms with Crippen molar-refractivity contribution < 1.29 is 14.9 Å². The van der Waals surface area contributed by atoms with Crippen LogP contribution < -0.4 is 4.90 Å². The molecule has 0 aliphatic carbocycles. The molecular formula is C11H18N2O3. The minimum Gasteiger partial charge on any atom is -0.395 e. The molecule has 5 nitrogen and oxygen atoms in total. The SMILES string of the molecule is COCCN(CCO)c1cc(CO)ccn1. The molecule has 0 aliphatic heterocycles. The highest BCUT2D eigenvalue weighted by Gasteiger charge is 2.07. The molecule has 16 heavy (non-hydrogen) atoms. The summed E-state index contributed by atoms with van der Waals surface area (Å²) >= 11 is 0. The third-order valence-electron chi connectivity index (χ3n) is 2.25. The standard InChI is InChI=1S/C11H18N2O3/c1-16-7-5-13(4-6-14)11-8-10(9-15)2-3-12-11/h2-3,8,14-15H,4-7,9H2,1H3. The zero-order chi connectivity index (χ0) is 11.8. The van der Waals surface area contributed by atoms with Gasteiger partial charge >= 0.3 is 0 Å². The van der Waals surface area contributed by atoms with Crippen LogP contribution in [0.5, 0.6) is 0 Å². The molecular weight excluding hydrogens is 208 g/mol. The van der Waals surface area contributed by atoms with Crippen LogP contribution in [0.1, 0.15) is 5.56 Å². The second-order valence-corrected chi connectivity index (χ2v) is 3.38. The second-order valence-electron chi connectivity index (χ2n) is 3.38. The number of rotatable bonds is 7. The maximum Gasteiger partial charge on any atom is 0.128 e. The summed E-state index contributed by atoms with van der Waals surface area (Å²) in [6, 6.07) is 3.57. The highest BCUT2D eigenvalue weighted by molar-refractivity contribution is 5.40. The summed E-state index contributed by atoms with van der Waals surface area (Å²) in [7, 11) is 1.63. The molecule has 0 bridgehead atoms. The van der Waals surface area contributed by atoms with Crippen molar-refractivity contribution in [3.05, 3.63) is 23.9 Å². The molecule has 1 rings (SSSR count). The Morgan fingerprint density at radius 2 is 2.19 bits per heavy atom. The van der Waals surface area contributed by atoms with Crippen LogP contribution in [-0.4, -0.2) is 48.6 Å². The lowest BCUT2D eigenvalue weighted by Crippen LogP contribution is -2.30. The Kier molecular flexibility index (Phi) is 5.77. The number of anilines is 1. The van der Waals surface area contributed by atoms with Gasteiger partial charge in [-0.15, -0.1) is 0 Å². The van der Waals surface area contributed by atoms with Crippen LogP contribution in [0.2, 0.25) is 0 Å². The van der Waals surface area contributed by atoms with E-state index < -0.39 is 0 Å². The summed E-state index contributed by atoms with van der Waals surface area (Å²) in [6.45, 7) is 1.80. The van der Waals surface area contributed by atoms with Gasteiger partial charge in [-0.3, -0.25) is 0 Å². The molecule has 0 aliphatic rings. The van der Waals surface area contributed by atoms with Crippen LogP contribution in [0, 0.1) is 0 Å². The third kappa shape index (κ3) is 3.77. The Morgan fingerprint density at radius 1 is 1.38 bits per heavy atom. The van der Waals surface area contributed by atoms with E-state index >= 15 is 0 Å². The zero-order valence-electron chi connectivity index (χ0n) is 9.46. The van der Waals surface area contributed by atoms with Crippen LogP contribution in [-0.2, 0) is 11.3 Å². The monoisotopic (exact) mass is 226 g/mol. The number of aliphatic hydroxyl groups excluding tert-OH is 2. The first-order valence-corrected chi connectivity index (χ1v) is 5.22. The van der Waals surface area contributed by atoms with Gasteiger partial charge in [0.05, 0.1) is 19.8 Å². The second kappa shape index (κ2) is 7.16. The molecule has 0 unspecified atom stereocenters. The molecule has 90 valence electrons. The first-order valence-electron chi connectivity index (χ1n) is 5.22. The molecule has 5 heteroatoms. The van der Waals surface area contributed by atoms with Gasteiger partial charge in [-0.2, -0.15) is 0 Å². The number of pyridine rings is 1. The summed E-state index contributed by atoms with van der Waals surface area (Å²) in [6.07, 6.45) is 1.65. The fourth-order valence-electron chi connectivity index (χ4n) is 1.39. The lowest BCUT2D eigenvalue weighted by atomic mass is 10.2. The molecule has 1 aromatic rings. The summed E-state index contributed by atoms with van der Waals surface area (Å²) in [5.41, 5.74) is 0.811. The minimum atomic E-state index is -0.00718. The Balaban J connectivity index is 2.73. The van der Waals surface area contributed by atoms with Crippen molar-refractivity contribution in [2.75, 3.05) is 38.3 Å². The van der Waals surface area contributed by atoms with Crippen molar-refractivity contribution in [1.29, 1.82) is 0 Å². The van der Waals surface area contributed by atoms with Gasteiger partial charge in [0.2, 0.25) is 0 Å². The highest BCUT2D eigenvalue weighted by atomic mass is 16.5. The fraction of sp³-hybridized carbons (Fsp3) is 0.545. The number of nitrogens with zero attached hydrogens (tertiary/aromatic N) is 2. The molecule has 1 aromatic heterocycles. The van der Waals surface area contributed by atoms with Crippen LogP contribution in [0.15, 0.2) is 18.3 Å². The van der Waals surface area contributed by atoms with Gasteiger partial charge in [-0.05, 0) is 17.7 Å². The van der Waals surface area contributed by atoms with E-state index in [1.807, 2.05) is 11.0 Å². The quantitative estimate of drug-likeness (QED) is 0.686. The van der Waals surface area contributed by atoms with E-state index in [9.17, 15) is 0 Å². The van der Waals surface area contributed by atoms with E-state index in [2.05, 4.69) is 4.98 Å². The predicted octanol–water partition coefficient (Wildman–Crippen LogP) is 0.0190. The van der Waals surface area contributed by atoms with Gasteiger partial charge in [0.15, 0.2) is 0 Å². The Labute approximate surface area is 95.3 Å². The summed E-state index contributed by atoms with van der Waals surface area (Å²) in [5, 5.41) is 18.0. The van der Waals surface area contributed by atoms with E-state index in [1.165, 1.54) is 0 Å². The smallest absolute Gasteiger partial charge is 0.128 e. The van der Waals surface area contributed by atoms with Gasteiger partial charge in [0, 0.05) is 26.4 Å². The molecule has 0 fully saturated rings. The number of aromatic nitrogens is 1. The maximum absolute atomic E-state index is 9.03. The van der Waals surface area contributed by atoms with E-state index in [4.69, 9.17) is 14.9 Å². The fourth-order valence-corrected chi connectivity index (χ4v) is 1.39. The predicted molar refractivity (Wildman–Crippen MR) is 61.3 cm³/mol. The Bertz CT molecular complexity index is 307. The number of hydrogen-bond donors (Lipinski definition) is 2. The minimum absolute atomic E-state index is 0.00718. The first kappa shape index (κ1) is 12.9. The van der Waals surface area contributed by atoms with Gasteiger partial charge in [-0.1, -0.05) is 0 Å². The van der Waals surface area contributed by atoms with Crippen molar-refractivity contribution in [1.82, 2.24) is 4.98 Å². The van der Waals surface area contributed by atoms with Crippen LogP contribution in [0.4, 0.5) is 5.82 Å². The third-order valence-corrected chi connectivity index (χ3v) is 2.25. The molecule has 0 saturated heterocycles. The molecule has 0 aromatic carbocycles. The molecule has 1 heterocycles. The van der Waals surface area contributed by atoms with Crippen LogP contribution in [0.3, 0.4) is 0 Å². The normalized spacial score (nSPS) is 10.4. The van der Waals surface area contributed by atoms with Gasteiger partial charge < -0.3 is 19.8 Å². The van der Waals surface area contributed by atoms with Gasteiger partial charge in [0.1, 0.15) is 5.82 Å². The van der Waals surface area contributed by atoms with Crippen molar-refractivity contribution in [2.45, 2.75) is 6.61 Å². The highest BCUT2D eigenvalue weighted by Crippen LogP contribution is 2.12. The Hall–Kier alpha value is -1.17. The van der Waals surface area contributed by atoms with Crippen molar-refractivity contribution >= 4 is 5.82 Å². The number of ether oxygens (including phenoxy) is 1. The first-order chi connectivity index (χ1) is 7.81.